The minimum Gasteiger partial charge on any atom is -0.370 e. The summed E-state index contributed by atoms with van der Waals surface area (Å²) in [6, 6.07) is 10.5. The number of rotatable bonds is 4. The highest BCUT2D eigenvalue weighted by Gasteiger charge is 2.33. The van der Waals surface area contributed by atoms with Gasteiger partial charge in [-0.25, -0.2) is 9.37 Å². The summed E-state index contributed by atoms with van der Waals surface area (Å²) in [5.41, 5.74) is 1.11. The predicted octanol–water partition coefficient (Wildman–Crippen LogP) is 4.50. The maximum absolute atomic E-state index is 13.8. The summed E-state index contributed by atoms with van der Waals surface area (Å²) in [4.78, 5) is 6.41. The molecule has 0 saturated carbocycles. The van der Waals surface area contributed by atoms with Gasteiger partial charge in [0.1, 0.15) is 17.7 Å². The summed E-state index contributed by atoms with van der Waals surface area (Å²) in [6.07, 6.45) is 0.983. The molecule has 0 spiro atoms. The zero-order valence-corrected chi connectivity index (χ0v) is 15.2. The average Bonchev–Trinajstić information content (AvgIpc) is 2.97. The number of aromatic nitrogens is 1. The summed E-state index contributed by atoms with van der Waals surface area (Å²) >= 11 is 11.7. The second-order valence-corrected chi connectivity index (χ2v) is 6.98. The standard InChI is InChI=1S/C18H17Cl2FN4/c1-25-7-6-12(18(25)11-2-3-13(19)15(21)8-11)10-23-17-5-4-14(20)16(9-22)24-17/h2-5,8,12,18H,6-7,10H2,1H3,(H,23,24). The Kier molecular flexibility index (Phi) is 5.43. The molecule has 1 aromatic carbocycles. The maximum Gasteiger partial charge on any atom is 0.161 e. The van der Waals surface area contributed by atoms with Crippen LogP contribution in [0.1, 0.15) is 23.7 Å². The fourth-order valence-electron chi connectivity index (χ4n) is 3.32. The molecule has 25 heavy (non-hydrogen) atoms. The van der Waals surface area contributed by atoms with Crippen LogP contribution < -0.4 is 5.32 Å². The number of benzene rings is 1. The van der Waals surface area contributed by atoms with Crippen LogP contribution in [0.2, 0.25) is 10.0 Å². The molecule has 1 N–H and O–H groups in total. The third-order valence-corrected chi connectivity index (χ3v) is 5.17. The summed E-state index contributed by atoms with van der Waals surface area (Å²) < 4.78 is 13.8. The van der Waals surface area contributed by atoms with Crippen LogP contribution in [-0.4, -0.2) is 30.0 Å². The van der Waals surface area contributed by atoms with E-state index in [-0.39, 0.29) is 22.7 Å². The lowest BCUT2D eigenvalue weighted by Crippen LogP contribution is -2.25. The largest absolute Gasteiger partial charge is 0.370 e. The van der Waals surface area contributed by atoms with E-state index in [2.05, 4.69) is 15.2 Å². The first-order valence-electron chi connectivity index (χ1n) is 7.95. The smallest absolute Gasteiger partial charge is 0.161 e. The van der Waals surface area contributed by atoms with Gasteiger partial charge in [0.05, 0.1) is 10.0 Å². The molecule has 2 unspecified atom stereocenters. The number of likely N-dealkylation sites (tertiary alicyclic amines) is 1. The van der Waals surface area contributed by atoms with Crippen LogP contribution in [0.15, 0.2) is 30.3 Å². The van der Waals surface area contributed by atoms with Crippen molar-refractivity contribution in [3.8, 4) is 6.07 Å². The molecule has 1 fully saturated rings. The van der Waals surface area contributed by atoms with Crippen molar-refractivity contribution in [3.05, 3.63) is 57.5 Å². The second kappa shape index (κ2) is 7.57. The first-order chi connectivity index (χ1) is 12.0. The Balaban J connectivity index is 1.75. The topological polar surface area (TPSA) is 52.0 Å². The van der Waals surface area contributed by atoms with Gasteiger partial charge < -0.3 is 5.32 Å². The number of nitrogens with one attached hydrogen (secondary N) is 1. The summed E-state index contributed by atoms with van der Waals surface area (Å²) in [7, 11) is 2.03. The van der Waals surface area contributed by atoms with E-state index in [9.17, 15) is 4.39 Å². The Morgan fingerprint density at radius 3 is 2.80 bits per heavy atom. The van der Waals surface area contributed by atoms with E-state index in [0.29, 0.717) is 17.4 Å². The van der Waals surface area contributed by atoms with Gasteiger partial charge in [-0.3, -0.25) is 4.90 Å². The van der Waals surface area contributed by atoms with E-state index in [1.807, 2.05) is 19.2 Å². The van der Waals surface area contributed by atoms with Crippen molar-refractivity contribution < 1.29 is 4.39 Å². The van der Waals surface area contributed by atoms with Crippen molar-refractivity contribution in [1.82, 2.24) is 9.88 Å². The lowest BCUT2D eigenvalue weighted by molar-refractivity contribution is 0.281. The third-order valence-electron chi connectivity index (χ3n) is 4.56. The van der Waals surface area contributed by atoms with Crippen LogP contribution in [0.5, 0.6) is 0 Å². The highest BCUT2D eigenvalue weighted by Crippen LogP contribution is 2.37. The van der Waals surface area contributed by atoms with Gasteiger partial charge in [-0.05, 0) is 55.8 Å². The minimum absolute atomic E-state index is 0.0991. The van der Waals surface area contributed by atoms with Crippen molar-refractivity contribution in [2.75, 3.05) is 25.5 Å². The van der Waals surface area contributed by atoms with Crippen molar-refractivity contribution >= 4 is 29.0 Å². The monoisotopic (exact) mass is 378 g/mol. The second-order valence-electron chi connectivity index (χ2n) is 6.17. The maximum atomic E-state index is 13.8. The molecule has 1 saturated heterocycles. The quantitative estimate of drug-likeness (QED) is 0.850. The third kappa shape index (κ3) is 3.87. The molecule has 1 aliphatic heterocycles. The van der Waals surface area contributed by atoms with Gasteiger partial charge in [-0.1, -0.05) is 29.3 Å². The molecule has 2 heterocycles. The van der Waals surface area contributed by atoms with Crippen LogP contribution in [0, 0.1) is 23.1 Å². The molecule has 1 aromatic heterocycles. The van der Waals surface area contributed by atoms with E-state index in [1.54, 1.807) is 18.2 Å². The summed E-state index contributed by atoms with van der Waals surface area (Å²) in [5, 5.41) is 12.8. The van der Waals surface area contributed by atoms with Crippen LogP contribution >= 0.6 is 23.2 Å². The van der Waals surface area contributed by atoms with E-state index >= 15 is 0 Å². The molecular weight excluding hydrogens is 362 g/mol. The van der Waals surface area contributed by atoms with E-state index in [1.165, 1.54) is 6.07 Å². The Bertz CT molecular complexity index is 821. The molecule has 4 nitrogen and oxygen atoms in total. The highest BCUT2D eigenvalue weighted by atomic mass is 35.5. The van der Waals surface area contributed by atoms with Gasteiger partial charge in [0.2, 0.25) is 0 Å². The van der Waals surface area contributed by atoms with Gasteiger partial charge in [0.15, 0.2) is 5.69 Å². The van der Waals surface area contributed by atoms with Gasteiger partial charge in [-0.2, -0.15) is 5.26 Å². The number of anilines is 1. The SMILES string of the molecule is CN1CCC(CNc2ccc(Cl)c(C#N)n2)C1c1ccc(Cl)c(F)c1. The fourth-order valence-corrected chi connectivity index (χ4v) is 3.58. The van der Waals surface area contributed by atoms with E-state index in [4.69, 9.17) is 28.5 Å². The molecule has 7 heteroatoms. The van der Waals surface area contributed by atoms with E-state index in [0.717, 1.165) is 18.5 Å². The van der Waals surface area contributed by atoms with Gasteiger partial charge in [0, 0.05) is 12.6 Å². The molecule has 0 amide bonds. The van der Waals surface area contributed by atoms with Crippen molar-refractivity contribution in [1.29, 1.82) is 5.26 Å². The Morgan fingerprint density at radius 2 is 2.08 bits per heavy atom. The average molecular weight is 379 g/mol. The number of hydrogen-bond donors (Lipinski definition) is 1. The zero-order chi connectivity index (χ0) is 18.0. The number of nitriles is 1. The minimum atomic E-state index is -0.399. The number of pyridine rings is 1. The summed E-state index contributed by atoms with van der Waals surface area (Å²) in [5.74, 6) is 0.495. The molecule has 0 aliphatic carbocycles. The van der Waals surface area contributed by atoms with Crippen LogP contribution in [0.4, 0.5) is 10.2 Å². The Hall–Kier alpha value is -1.87. The van der Waals surface area contributed by atoms with Gasteiger partial charge in [0.25, 0.3) is 0 Å². The lowest BCUT2D eigenvalue weighted by atomic mass is 9.93. The molecule has 3 rings (SSSR count). The van der Waals surface area contributed by atoms with E-state index < -0.39 is 5.82 Å². The van der Waals surface area contributed by atoms with Crippen molar-refractivity contribution in [2.24, 2.45) is 5.92 Å². The number of halogens is 3. The lowest BCUT2D eigenvalue weighted by Gasteiger charge is -2.26. The van der Waals surface area contributed by atoms with Gasteiger partial charge in [-0.15, -0.1) is 0 Å². The highest BCUT2D eigenvalue weighted by molar-refractivity contribution is 6.31. The number of nitrogens with zero attached hydrogens (tertiary/aromatic N) is 3. The number of hydrogen-bond acceptors (Lipinski definition) is 4. The molecule has 0 radical (unpaired) electrons. The fraction of sp³-hybridized carbons (Fsp3) is 0.333. The Morgan fingerprint density at radius 1 is 1.32 bits per heavy atom. The van der Waals surface area contributed by atoms with Crippen molar-refractivity contribution in [3.63, 3.8) is 0 Å². The van der Waals surface area contributed by atoms with Gasteiger partial charge >= 0.3 is 0 Å². The predicted molar refractivity (Wildman–Crippen MR) is 97.3 cm³/mol. The molecule has 1 aliphatic rings. The zero-order valence-electron chi connectivity index (χ0n) is 13.6. The molecule has 130 valence electrons. The first kappa shape index (κ1) is 17.9. The van der Waals surface area contributed by atoms with Crippen molar-refractivity contribution in [2.45, 2.75) is 12.5 Å². The Labute approximate surface area is 156 Å². The van der Waals surface area contributed by atoms with Crippen LogP contribution in [0.25, 0.3) is 0 Å². The first-order valence-corrected chi connectivity index (χ1v) is 8.71. The molecule has 2 atom stereocenters. The summed E-state index contributed by atoms with van der Waals surface area (Å²) in [6.45, 7) is 1.59. The molecular formula is C18H17Cl2FN4. The van der Waals surface area contributed by atoms with Crippen LogP contribution in [0.3, 0.4) is 0 Å². The normalized spacial score (nSPS) is 20.4. The van der Waals surface area contributed by atoms with Crippen LogP contribution in [-0.2, 0) is 0 Å². The molecule has 2 aromatic rings. The molecule has 0 bridgehead atoms.